The number of methoxy groups -OCH3 is 1. The summed E-state index contributed by atoms with van der Waals surface area (Å²) in [6, 6.07) is 0. The van der Waals surface area contributed by atoms with E-state index in [9.17, 15) is 9.59 Å². The van der Waals surface area contributed by atoms with E-state index in [1.165, 1.54) is 19.3 Å². The minimum absolute atomic E-state index is 0.120. The molecule has 1 aliphatic carbocycles. The number of hydrogen-bond acceptors (Lipinski definition) is 4. The first-order chi connectivity index (χ1) is 10.6. The van der Waals surface area contributed by atoms with Crippen LogP contribution in [0.1, 0.15) is 51.4 Å². The van der Waals surface area contributed by atoms with Crippen LogP contribution in [-0.4, -0.2) is 49.5 Å². The van der Waals surface area contributed by atoms with Gasteiger partial charge in [-0.2, -0.15) is 0 Å². The third-order valence-corrected chi connectivity index (χ3v) is 4.98. The lowest BCUT2D eigenvalue weighted by molar-refractivity contribution is -0.151. The lowest BCUT2D eigenvalue weighted by Crippen LogP contribution is -2.43. The summed E-state index contributed by atoms with van der Waals surface area (Å²) in [5.74, 6) is -1.16. The SMILES string of the molecule is COCCC1(CNC(=O)[C@@H]2CC[C@H](C(=O)O)O2)CCCCC1. The van der Waals surface area contributed by atoms with Crippen molar-refractivity contribution in [1.82, 2.24) is 5.32 Å². The highest BCUT2D eigenvalue weighted by molar-refractivity contribution is 5.82. The lowest BCUT2D eigenvalue weighted by atomic mass is 9.72. The number of aliphatic carboxylic acids is 1. The highest BCUT2D eigenvalue weighted by Crippen LogP contribution is 2.38. The Morgan fingerprint density at radius 2 is 1.91 bits per heavy atom. The fraction of sp³-hybridized carbons (Fsp3) is 0.875. The Labute approximate surface area is 131 Å². The maximum Gasteiger partial charge on any atom is 0.332 e. The molecule has 1 saturated carbocycles. The number of carbonyl (C=O) groups is 2. The molecule has 2 aliphatic rings. The van der Waals surface area contributed by atoms with Crippen LogP contribution in [0.2, 0.25) is 0 Å². The molecule has 126 valence electrons. The first-order valence-electron chi connectivity index (χ1n) is 8.21. The van der Waals surface area contributed by atoms with Crippen LogP contribution in [0.4, 0.5) is 0 Å². The molecule has 0 unspecified atom stereocenters. The molecule has 0 aromatic heterocycles. The predicted molar refractivity (Wildman–Crippen MR) is 80.6 cm³/mol. The molecule has 2 fully saturated rings. The van der Waals surface area contributed by atoms with Crippen LogP contribution < -0.4 is 5.32 Å². The molecule has 0 aromatic rings. The minimum atomic E-state index is -0.987. The highest BCUT2D eigenvalue weighted by Gasteiger charge is 2.37. The summed E-state index contributed by atoms with van der Waals surface area (Å²) in [5.41, 5.74) is 0.120. The Bertz CT molecular complexity index is 392. The van der Waals surface area contributed by atoms with Gasteiger partial charge in [0.15, 0.2) is 6.10 Å². The van der Waals surface area contributed by atoms with Crippen LogP contribution in [-0.2, 0) is 19.1 Å². The molecule has 22 heavy (non-hydrogen) atoms. The number of rotatable bonds is 7. The fourth-order valence-corrected chi connectivity index (χ4v) is 3.54. The van der Waals surface area contributed by atoms with Gasteiger partial charge in [-0.05, 0) is 37.5 Å². The van der Waals surface area contributed by atoms with E-state index in [0.717, 1.165) is 19.3 Å². The van der Waals surface area contributed by atoms with Gasteiger partial charge in [-0.25, -0.2) is 4.79 Å². The second-order valence-corrected chi connectivity index (χ2v) is 6.55. The molecular formula is C16H27NO5. The zero-order valence-corrected chi connectivity index (χ0v) is 13.3. The molecule has 6 nitrogen and oxygen atoms in total. The maximum atomic E-state index is 12.2. The first kappa shape index (κ1) is 17.2. The molecular weight excluding hydrogens is 286 g/mol. The van der Waals surface area contributed by atoms with Crippen molar-refractivity contribution in [2.45, 2.75) is 63.6 Å². The predicted octanol–water partition coefficient (Wildman–Crippen LogP) is 1.72. The number of ether oxygens (including phenoxy) is 2. The normalized spacial score (nSPS) is 27.5. The van der Waals surface area contributed by atoms with E-state index in [1.54, 1.807) is 7.11 Å². The molecule has 2 rings (SSSR count). The largest absolute Gasteiger partial charge is 0.479 e. The molecule has 1 saturated heterocycles. The molecule has 6 heteroatoms. The number of hydrogen-bond donors (Lipinski definition) is 2. The van der Waals surface area contributed by atoms with Crippen molar-refractivity contribution in [3.63, 3.8) is 0 Å². The van der Waals surface area contributed by atoms with Gasteiger partial charge < -0.3 is 19.9 Å². The Hall–Kier alpha value is -1.14. The van der Waals surface area contributed by atoms with E-state index in [-0.39, 0.29) is 11.3 Å². The molecule has 0 spiro atoms. The zero-order chi connectivity index (χ0) is 16.0. The van der Waals surface area contributed by atoms with Gasteiger partial charge in [-0.15, -0.1) is 0 Å². The van der Waals surface area contributed by atoms with Gasteiger partial charge >= 0.3 is 5.97 Å². The van der Waals surface area contributed by atoms with Crippen molar-refractivity contribution in [2.24, 2.45) is 5.41 Å². The van der Waals surface area contributed by atoms with Crippen molar-refractivity contribution >= 4 is 11.9 Å². The number of nitrogens with one attached hydrogen (secondary N) is 1. The van der Waals surface area contributed by atoms with Gasteiger partial charge in [-0.3, -0.25) is 4.79 Å². The summed E-state index contributed by atoms with van der Waals surface area (Å²) >= 11 is 0. The molecule has 1 amide bonds. The quantitative estimate of drug-likeness (QED) is 0.747. The summed E-state index contributed by atoms with van der Waals surface area (Å²) in [7, 11) is 1.70. The zero-order valence-electron chi connectivity index (χ0n) is 13.3. The van der Waals surface area contributed by atoms with E-state index >= 15 is 0 Å². The maximum absolute atomic E-state index is 12.2. The molecule has 0 aromatic carbocycles. The van der Waals surface area contributed by atoms with E-state index < -0.39 is 18.2 Å². The molecule has 1 aliphatic heterocycles. The third-order valence-electron chi connectivity index (χ3n) is 4.98. The molecule has 0 bridgehead atoms. The highest BCUT2D eigenvalue weighted by atomic mass is 16.5. The van der Waals surface area contributed by atoms with Crippen molar-refractivity contribution in [3.8, 4) is 0 Å². The fourth-order valence-electron chi connectivity index (χ4n) is 3.54. The van der Waals surface area contributed by atoms with Crippen molar-refractivity contribution in [2.75, 3.05) is 20.3 Å². The van der Waals surface area contributed by atoms with Crippen LogP contribution >= 0.6 is 0 Å². The second-order valence-electron chi connectivity index (χ2n) is 6.55. The molecule has 1 heterocycles. The standard InChI is InChI=1S/C16H27NO5/c1-21-10-9-16(7-3-2-4-8-16)11-17-14(18)12-5-6-13(22-12)15(19)20/h12-13H,2-11H2,1H3,(H,17,18)(H,19,20)/t12-,13+/m0/s1. The van der Waals surface area contributed by atoms with Gasteiger partial charge in [0.2, 0.25) is 5.91 Å². The van der Waals surface area contributed by atoms with Crippen LogP contribution in [0, 0.1) is 5.41 Å². The van der Waals surface area contributed by atoms with Crippen molar-refractivity contribution in [1.29, 1.82) is 0 Å². The van der Waals surface area contributed by atoms with Gasteiger partial charge in [0.05, 0.1) is 0 Å². The van der Waals surface area contributed by atoms with Gasteiger partial charge in [0.1, 0.15) is 6.10 Å². The van der Waals surface area contributed by atoms with Gasteiger partial charge in [0.25, 0.3) is 0 Å². The number of carboxylic acid groups (broad SMARTS) is 1. The molecule has 2 N–H and O–H groups in total. The summed E-state index contributed by atoms with van der Waals surface area (Å²) in [6.07, 6.45) is 6.25. The van der Waals surface area contributed by atoms with Gasteiger partial charge in [-0.1, -0.05) is 19.3 Å². The van der Waals surface area contributed by atoms with Crippen LogP contribution in [0.5, 0.6) is 0 Å². The average molecular weight is 313 g/mol. The Balaban J connectivity index is 1.83. The van der Waals surface area contributed by atoms with Gasteiger partial charge in [0, 0.05) is 20.3 Å². The summed E-state index contributed by atoms with van der Waals surface area (Å²) in [6.45, 7) is 1.34. The minimum Gasteiger partial charge on any atom is -0.479 e. The summed E-state index contributed by atoms with van der Waals surface area (Å²) < 4.78 is 10.5. The number of amides is 1. The van der Waals surface area contributed by atoms with Crippen LogP contribution in [0.25, 0.3) is 0 Å². The Kier molecular flexibility index (Phi) is 6.20. The monoisotopic (exact) mass is 313 g/mol. The van der Waals surface area contributed by atoms with E-state index in [2.05, 4.69) is 5.32 Å². The van der Waals surface area contributed by atoms with Crippen molar-refractivity contribution < 1.29 is 24.2 Å². The topological polar surface area (TPSA) is 84.9 Å². The first-order valence-corrected chi connectivity index (χ1v) is 8.21. The molecule has 0 radical (unpaired) electrons. The smallest absolute Gasteiger partial charge is 0.332 e. The van der Waals surface area contributed by atoms with E-state index in [0.29, 0.717) is 26.0 Å². The lowest BCUT2D eigenvalue weighted by Gasteiger charge is -2.37. The summed E-state index contributed by atoms with van der Waals surface area (Å²) in [4.78, 5) is 23.1. The number of carboxylic acids is 1. The number of carbonyl (C=O) groups excluding carboxylic acids is 1. The van der Waals surface area contributed by atoms with Crippen LogP contribution in [0.3, 0.4) is 0 Å². The summed E-state index contributed by atoms with van der Waals surface area (Å²) in [5, 5.41) is 11.9. The second kappa shape index (κ2) is 7.92. The Morgan fingerprint density at radius 1 is 1.23 bits per heavy atom. The van der Waals surface area contributed by atoms with E-state index in [4.69, 9.17) is 14.6 Å². The van der Waals surface area contributed by atoms with Crippen molar-refractivity contribution in [3.05, 3.63) is 0 Å². The average Bonchev–Trinajstić information content (AvgIpc) is 3.02. The third kappa shape index (κ3) is 4.43. The van der Waals surface area contributed by atoms with Crippen LogP contribution in [0.15, 0.2) is 0 Å². The Morgan fingerprint density at radius 3 is 2.50 bits per heavy atom. The molecule has 2 atom stereocenters. The van der Waals surface area contributed by atoms with E-state index in [1.807, 2.05) is 0 Å².